The summed E-state index contributed by atoms with van der Waals surface area (Å²) < 4.78 is 20.1. The molecular weight excluding hydrogens is 759 g/mol. The minimum atomic E-state index is -1.05. The molecule has 5 atom stereocenters. The molecule has 6 bridgehead atoms. The number of ether oxygens (including phenoxy) is 3. The van der Waals surface area contributed by atoms with Gasteiger partial charge in [0.25, 0.3) is 5.91 Å². The van der Waals surface area contributed by atoms with Gasteiger partial charge in [0.2, 0.25) is 11.8 Å². The monoisotopic (exact) mass is 813 g/mol. The molecule has 2 saturated heterocycles. The first kappa shape index (κ1) is 41.5. The molecule has 7 rings (SSSR count). The number of amides is 3. The van der Waals surface area contributed by atoms with Crippen LogP contribution in [-0.4, -0.2) is 106 Å². The number of likely N-dealkylation sites (N-methyl/N-ethyl adjacent to an activating group) is 1. The average molecular weight is 814 g/mol. The highest BCUT2D eigenvalue weighted by Gasteiger charge is 2.40. The van der Waals surface area contributed by atoms with Crippen LogP contribution < -0.4 is 10.7 Å². The summed E-state index contributed by atoms with van der Waals surface area (Å²) in [6.45, 7) is 11.4. The van der Waals surface area contributed by atoms with Crippen LogP contribution in [0.5, 0.6) is 0 Å². The van der Waals surface area contributed by atoms with E-state index >= 15 is 0 Å². The van der Waals surface area contributed by atoms with Crippen LogP contribution in [0.3, 0.4) is 0 Å². The zero-order valence-corrected chi connectivity index (χ0v) is 35.3. The minimum absolute atomic E-state index is 0.101. The van der Waals surface area contributed by atoms with Crippen molar-refractivity contribution >= 4 is 45.9 Å². The van der Waals surface area contributed by atoms with E-state index in [2.05, 4.69) is 60.3 Å². The lowest BCUT2D eigenvalue weighted by Crippen LogP contribution is -2.62. The highest BCUT2D eigenvalue weighted by atomic mass is 32.1. The number of benzene rings is 1. The van der Waals surface area contributed by atoms with Gasteiger partial charge in [0.1, 0.15) is 18.1 Å². The lowest BCUT2D eigenvalue weighted by atomic mass is 9.84. The Balaban J connectivity index is 1.33. The molecule has 58 heavy (non-hydrogen) atoms. The van der Waals surface area contributed by atoms with Gasteiger partial charge in [-0.1, -0.05) is 19.9 Å². The van der Waals surface area contributed by atoms with E-state index in [0.29, 0.717) is 50.4 Å². The number of hydrogen-bond acceptors (Lipinski definition) is 11. The molecule has 15 heteroatoms. The molecule has 2 N–H and O–H groups in total. The molecular formula is C43H55N7O7S. The Labute approximate surface area is 343 Å². The molecule has 14 nitrogen and oxygen atoms in total. The predicted octanol–water partition coefficient (Wildman–Crippen LogP) is 5.23. The van der Waals surface area contributed by atoms with Crippen LogP contribution in [0.1, 0.15) is 82.7 Å². The highest BCUT2D eigenvalue weighted by Crippen LogP contribution is 2.42. The first-order valence-electron chi connectivity index (χ1n) is 20.3. The Morgan fingerprint density at radius 2 is 2.00 bits per heavy atom. The number of thiazole rings is 1. The van der Waals surface area contributed by atoms with Crippen molar-refractivity contribution in [2.24, 2.45) is 5.41 Å². The number of esters is 1. The zero-order valence-electron chi connectivity index (χ0n) is 34.5. The number of hydrogen-bond donors (Lipinski definition) is 2. The van der Waals surface area contributed by atoms with E-state index in [-0.39, 0.29) is 25.0 Å². The van der Waals surface area contributed by atoms with Crippen molar-refractivity contribution in [1.82, 2.24) is 35.2 Å². The molecule has 0 radical (unpaired) electrons. The topological polar surface area (TPSA) is 157 Å². The van der Waals surface area contributed by atoms with Gasteiger partial charge in [-0.25, -0.2) is 10.4 Å². The number of fused-ring (bicyclic) bond motifs is 6. The number of cyclic esters (lactones) is 1. The van der Waals surface area contributed by atoms with E-state index in [0.717, 1.165) is 51.1 Å². The van der Waals surface area contributed by atoms with E-state index < -0.39 is 47.4 Å². The molecule has 6 heterocycles. The van der Waals surface area contributed by atoms with Crippen LogP contribution in [0, 0.1) is 5.41 Å². The third kappa shape index (κ3) is 8.40. The fourth-order valence-electron chi connectivity index (χ4n) is 8.46. The van der Waals surface area contributed by atoms with Crippen molar-refractivity contribution in [3.05, 3.63) is 58.2 Å². The van der Waals surface area contributed by atoms with Gasteiger partial charge < -0.3 is 29.0 Å². The molecule has 3 aliphatic heterocycles. The summed E-state index contributed by atoms with van der Waals surface area (Å²) in [4.78, 5) is 66.1. The van der Waals surface area contributed by atoms with Gasteiger partial charge in [-0.15, -0.1) is 11.3 Å². The van der Waals surface area contributed by atoms with Gasteiger partial charge in [-0.3, -0.25) is 29.2 Å². The predicted molar refractivity (Wildman–Crippen MR) is 221 cm³/mol. The van der Waals surface area contributed by atoms with Gasteiger partial charge in [0, 0.05) is 86.2 Å². The zero-order chi connectivity index (χ0) is 41.3. The van der Waals surface area contributed by atoms with Crippen molar-refractivity contribution in [2.45, 2.75) is 110 Å². The third-order valence-corrected chi connectivity index (χ3v) is 12.5. The van der Waals surface area contributed by atoms with Crippen molar-refractivity contribution in [3.63, 3.8) is 0 Å². The second kappa shape index (κ2) is 17.3. The van der Waals surface area contributed by atoms with Crippen LogP contribution in [0.2, 0.25) is 0 Å². The number of nitrogens with one attached hydrogen (secondary N) is 2. The maximum Gasteiger partial charge on any atom is 0.324 e. The first-order valence-corrected chi connectivity index (χ1v) is 21.2. The lowest BCUT2D eigenvalue weighted by Gasteiger charge is -2.36. The van der Waals surface area contributed by atoms with Crippen LogP contribution in [0.15, 0.2) is 41.9 Å². The minimum Gasteiger partial charge on any atom is -0.464 e. The van der Waals surface area contributed by atoms with Gasteiger partial charge in [-0.05, 0) is 75.8 Å². The molecule has 2 unspecified atom stereocenters. The fourth-order valence-corrected chi connectivity index (χ4v) is 9.31. The molecule has 4 aromatic rings. The van der Waals surface area contributed by atoms with Crippen molar-refractivity contribution < 1.29 is 33.4 Å². The fraction of sp³-hybridized carbons (Fsp3) is 0.535. The van der Waals surface area contributed by atoms with Gasteiger partial charge in [0.15, 0.2) is 0 Å². The van der Waals surface area contributed by atoms with Crippen LogP contribution >= 0.6 is 11.3 Å². The number of pyridine rings is 1. The van der Waals surface area contributed by atoms with Crippen LogP contribution in [0.25, 0.3) is 33.4 Å². The third-order valence-electron chi connectivity index (χ3n) is 11.7. The summed E-state index contributed by atoms with van der Waals surface area (Å²) >= 11 is 1.42. The van der Waals surface area contributed by atoms with Crippen molar-refractivity contribution in [3.8, 4) is 22.5 Å². The maximum absolute atomic E-state index is 14.4. The van der Waals surface area contributed by atoms with E-state index in [1.54, 1.807) is 20.4 Å². The van der Waals surface area contributed by atoms with Gasteiger partial charge >= 0.3 is 5.97 Å². The number of methoxy groups -OCH3 is 1. The number of nitrogens with zero attached hydrogens (tertiary/aromatic N) is 5. The smallest absolute Gasteiger partial charge is 0.324 e. The Hall–Kier alpha value is -4.70. The highest BCUT2D eigenvalue weighted by molar-refractivity contribution is 7.10. The summed E-state index contributed by atoms with van der Waals surface area (Å²) in [7, 11) is 3.26. The summed E-state index contributed by atoms with van der Waals surface area (Å²) in [5, 5.41) is 8.10. The number of carbonyl (C=O) groups excluding carboxylic acids is 4. The van der Waals surface area contributed by atoms with E-state index in [1.807, 2.05) is 18.4 Å². The summed E-state index contributed by atoms with van der Waals surface area (Å²) in [5.74, 6) is -1.62. The molecule has 3 aromatic heterocycles. The molecule has 0 aliphatic carbocycles. The van der Waals surface area contributed by atoms with Crippen molar-refractivity contribution in [1.29, 1.82) is 0 Å². The molecule has 2 fully saturated rings. The molecule has 310 valence electrons. The van der Waals surface area contributed by atoms with E-state index in [4.69, 9.17) is 24.2 Å². The maximum atomic E-state index is 14.4. The van der Waals surface area contributed by atoms with E-state index in [1.165, 1.54) is 28.2 Å². The molecule has 3 aliphatic rings. The van der Waals surface area contributed by atoms with Crippen molar-refractivity contribution in [2.75, 3.05) is 33.9 Å². The normalized spacial score (nSPS) is 22.3. The Kier molecular flexibility index (Phi) is 12.3. The molecule has 1 aromatic carbocycles. The largest absolute Gasteiger partial charge is 0.464 e. The average Bonchev–Trinajstić information content (AvgIpc) is 3.99. The summed E-state index contributed by atoms with van der Waals surface area (Å²) in [6.07, 6.45) is 4.17. The van der Waals surface area contributed by atoms with Gasteiger partial charge in [-0.2, -0.15) is 0 Å². The number of aryl methyl sites for hydroxylation is 1. The second-order valence-electron chi connectivity index (χ2n) is 16.4. The van der Waals surface area contributed by atoms with E-state index in [9.17, 15) is 19.2 Å². The SMILES string of the molecule is CCn1c(-c2cccnc2[C@H](C)OC)c2c3cc(ccc31)-c1csc(n1)C[C@H](NC(=O)C(C1CCCO1)N(C)C(C)=O)C(=O)N1CCC[C@H](N1)C(=O)OCC(C)(C)C2. The number of carbonyl (C=O) groups is 4. The molecule has 3 amide bonds. The van der Waals surface area contributed by atoms with Crippen LogP contribution in [0.4, 0.5) is 0 Å². The first-order chi connectivity index (χ1) is 27.8. The number of rotatable bonds is 8. The Bertz CT molecular complexity index is 2180. The second-order valence-corrected chi connectivity index (χ2v) is 17.3. The standard InChI is InChI=1S/C43H55N7O7S/c1-8-49-34-16-15-27-20-29(34)30(38(49)28-12-9-17-44-37(28)25(2)55-7)22-43(4,5)24-57-42(54)31-13-10-18-50(47-31)41(53)32(21-36-45-33(27)23-58-36)46-40(52)39(48(6)26(3)51)35-14-11-19-56-35/h9,12,15-17,20,23,25,31-32,35,39,47H,8,10-11,13-14,18-19,21-22,24H2,1-7H3,(H,46,52)/t25-,31-,32-,35?,39?/m0/s1. The molecule has 0 spiro atoms. The summed E-state index contributed by atoms with van der Waals surface area (Å²) in [5.41, 5.74) is 9.34. The Morgan fingerprint density at radius 1 is 1.19 bits per heavy atom. The van der Waals surface area contributed by atoms with Gasteiger partial charge in [0.05, 0.1) is 40.9 Å². The van der Waals surface area contributed by atoms with Crippen LogP contribution in [-0.2, 0) is 52.8 Å². The quantitative estimate of drug-likeness (QED) is 0.226. The Morgan fingerprint density at radius 3 is 2.72 bits per heavy atom. The number of hydrazine groups is 1. The molecule has 0 saturated carbocycles. The number of aromatic nitrogens is 3. The summed E-state index contributed by atoms with van der Waals surface area (Å²) in [6, 6.07) is 7.70. The lowest BCUT2D eigenvalue weighted by molar-refractivity contribution is -0.155.